The van der Waals surface area contributed by atoms with Crippen LogP contribution in [0.4, 0.5) is 26.3 Å². The molecule has 0 aliphatic carbocycles. The minimum atomic E-state index is -4.72. The minimum absolute atomic E-state index is 0.0151. The van der Waals surface area contributed by atoms with Crippen LogP contribution in [0.25, 0.3) is 0 Å². The van der Waals surface area contributed by atoms with Crippen molar-refractivity contribution in [1.29, 1.82) is 5.26 Å². The molecule has 1 aromatic carbocycles. The lowest BCUT2D eigenvalue weighted by molar-refractivity contribution is -0.154. The van der Waals surface area contributed by atoms with Crippen LogP contribution in [0.3, 0.4) is 0 Å². The quantitative estimate of drug-likeness (QED) is 0.521. The normalized spacial score (nSPS) is 11.7. The number of rotatable bonds is 6. The van der Waals surface area contributed by atoms with Crippen molar-refractivity contribution < 1.29 is 35.8 Å². The maximum absolute atomic E-state index is 12.5. The van der Waals surface area contributed by atoms with Crippen molar-refractivity contribution >= 4 is 11.8 Å². The van der Waals surface area contributed by atoms with E-state index in [1.165, 1.54) is 30.6 Å². The first-order valence-corrected chi connectivity index (χ1v) is 7.82. The van der Waals surface area contributed by atoms with Crippen molar-refractivity contribution in [3.8, 4) is 17.6 Å². The van der Waals surface area contributed by atoms with Gasteiger partial charge in [-0.15, -0.1) is 0 Å². The smallest absolute Gasteiger partial charge is 0.422 e. The molecule has 1 aromatic heterocycles. The number of aromatic nitrogens is 2. The lowest BCUT2D eigenvalue weighted by Crippen LogP contribution is -2.21. The summed E-state index contributed by atoms with van der Waals surface area (Å²) >= 11 is 0.783. The summed E-state index contributed by atoms with van der Waals surface area (Å²) in [6.07, 6.45) is -6.64. The number of hydrogen-bond acceptors (Lipinski definition) is 6. The van der Waals surface area contributed by atoms with Crippen molar-refractivity contribution in [2.45, 2.75) is 22.4 Å². The van der Waals surface area contributed by atoms with E-state index in [-0.39, 0.29) is 10.1 Å². The van der Waals surface area contributed by atoms with Gasteiger partial charge in [0.15, 0.2) is 24.1 Å². The molecular formula is C15H9F6N3O2S. The zero-order valence-corrected chi connectivity index (χ0v) is 14.0. The van der Waals surface area contributed by atoms with Gasteiger partial charge in [-0.1, -0.05) is 0 Å². The van der Waals surface area contributed by atoms with Crippen molar-refractivity contribution in [3.05, 3.63) is 36.2 Å². The molecule has 0 saturated heterocycles. The first-order valence-electron chi connectivity index (χ1n) is 7.00. The molecule has 0 aliphatic rings. The van der Waals surface area contributed by atoms with Crippen molar-refractivity contribution in [3.63, 3.8) is 0 Å². The standard InChI is InChI=1S/C15H9F6N3O2S/c16-14(17,18)7-25-10-2-3-11(27-13-23-4-1-5-24-13)12(9(10)6-22)26-8-15(19,20)21/h1-5H,7-8H2. The van der Waals surface area contributed by atoms with Crippen molar-refractivity contribution in [2.24, 2.45) is 0 Å². The molecule has 0 spiro atoms. The second kappa shape index (κ2) is 8.34. The van der Waals surface area contributed by atoms with Crippen LogP contribution >= 0.6 is 11.8 Å². The lowest BCUT2D eigenvalue weighted by atomic mass is 10.2. The summed E-state index contributed by atoms with van der Waals surface area (Å²) in [5, 5.41) is 9.38. The Labute approximate surface area is 152 Å². The molecule has 0 N–H and O–H groups in total. The monoisotopic (exact) mass is 409 g/mol. The average Bonchev–Trinajstić information content (AvgIpc) is 2.58. The Morgan fingerprint density at radius 2 is 1.56 bits per heavy atom. The SMILES string of the molecule is N#Cc1c(OCC(F)(F)F)ccc(Sc2ncccn2)c1OCC(F)(F)F. The van der Waals surface area contributed by atoms with Gasteiger partial charge in [0, 0.05) is 12.4 Å². The number of ether oxygens (including phenoxy) is 2. The predicted molar refractivity (Wildman–Crippen MR) is 80.4 cm³/mol. The van der Waals surface area contributed by atoms with Crippen LogP contribution in [0, 0.1) is 11.3 Å². The highest BCUT2D eigenvalue weighted by atomic mass is 32.2. The van der Waals surface area contributed by atoms with Gasteiger partial charge >= 0.3 is 12.4 Å². The molecule has 5 nitrogen and oxygen atoms in total. The van der Waals surface area contributed by atoms with Gasteiger partial charge in [0.2, 0.25) is 0 Å². The van der Waals surface area contributed by atoms with Gasteiger partial charge in [0.25, 0.3) is 0 Å². The number of alkyl halides is 6. The summed E-state index contributed by atoms with van der Waals surface area (Å²) in [7, 11) is 0. The van der Waals surface area contributed by atoms with E-state index in [9.17, 15) is 31.6 Å². The minimum Gasteiger partial charge on any atom is -0.483 e. The molecule has 0 bridgehead atoms. The number of nitrogens with zero attached hydrogens (tertiary/aromatic N) is 3. The Morgan fingerprint density at radius 1 is 0.963 bits per heavy atom. The Balaban J connectivity index is 2.41. The summed E-state index contributed by atoms with van der Waals surface area (Å²) in [6, 6.07) is 5.24. The van der Waals surface area contributed by atoms with Crippen LogP contribution < -0.4 is 9.47 Å². The first kappa shape index (κ1) is 20.6. The van der Waals surface area contributed by atoms with E-state index in [0.29, 0.717) is 0 Å². The van der Waals surface area contributed by atoms with Crippen LogP contribution in [0.1, 0.15) is 5.56 Å². The summed E-state index contributed by atoms with van der Waals surface area (Å²) in [4.78, 5) is 7.78. The lowest BCUT2D eigenvalue weighted by Gasteiger charge is -2.17. The van der Waals surface area contributed by atoms with Gasteiger partial charge < -0.3 is 9.47 Å². The zero-order chi connectivity index (χ0) is 20.1. The molecule has 0 aliphatic heterocycles. The van der Waals surface area contributed by atoms with Crippen molar-refractivity contribution in [1.82, 2.24) is 9.97 Å². The largest absolute Gasteiger partial charge is 0.483 e. The fourth-order valence-corrected chi connectivity index (χ4v) is 2.56. The number of hydrogen-bond donors (Lipinski definition) is 0. The van der Waals surface area contributed by atoms with Gasteiger partial charge in [-0.2, -0.15) is 31.6 Å². The van der Waals surface area contributed by atoms with Crippen LogP contribution in [0.5, 0.6) is 11.5 Å². The number of benzene rings is 1. The second-order valence-electron chi connectivity index (χ2n) is 4.82. The molecule has 0 unspecified atom stereocenters. The Bertz CT molecular complexity index is 821. The predicted octanol–water partition coefficient (Wildman–Crippen LogP) is 4.38. The molecule has 0 saturated carbocycles. The molecule has 0 amide bonds. The van der Waals surface area contributed by atoms with Gasteiger partial charge in [-0.25, -0.2) is 9.97 Å². The molecule has 2 rings (SSSR count). The van der Waals surface area contributed by atoms with E-state index in [2.05, 4.69) is 19.4 Å². The van der Waals surface area contributed by atoms with Gasteiger partial charge in [0.05, 0.1) is 4.90 Å². The Hall–Kier alpha value is -2.68. The van der Waals surface area contributed by atoms with Gasteiger partial charge in [0.1, 0.15) is 17.4 Å². The summed E-state index contributed by atoms with van der Waals surface area (Å²) < 4.78 is 83.8. The molecule has 0 fully saturated rings. The summed E-state index contributed by atoms with van der Waals surface area (Å²) in [5.41, 5.74) is -0.593. The van der Waals surface area contributed by atoms with Crippen LogP contribution in [-0.2, 0) is 0 Å². The topological polar surface area (TPSA) is 68.0 Å². The van der Waals surface area contributed by atoms with E-state index >= 15 is 0 Å². The molecule has 2 aromatic rings. The van der Waals surface area contributed by atoms with E-state index in [0.717, 1.165) is 17.8 Å². The molecule has 1 heterocycles. The van der Waals surface area contributed by atoms with E-state index in [4.69, 9.17) is 0 Å². The third-order valence-electron chi connectivity index (χ3n) is 2.71. The van der Waals surface area contributed by atoms with E-state index < -0.39 is 42.6 Å². The zero-order valence-electron chi connectivity index (χ0n) is 13.1. The summed E-state index contributed by atoms with van der Waals surface area (Å²) in [6.45, 7) is -3.46. The number of halogens is 6. The van der Waals surface area contributed by atoms with Crippen LogP contribution in [0.2, 0.25) is 0 Å². The fourth-order valence-electron chi connectivity index (χ4n) is 1.75. The van der Waals surface area contributed by atoms with Crippen LogP contribution in [-0.4, -0.2) is 35.5 Å². The highest BCUT2D eigenvalue weighted by molar-refractivity contribution is 7.99. The molecule has 0 radical (unpaired) electrons. The molecular weight excluding hydrogens is 400 g/mol. The summed E-state index contributed by atoms with van der Waals surface area (Å²) in [5.74, 6) is -1.11. The molecule has 27 heavy (non-hydrogen) atoms. The highest BCUT2D eigenvalue weighted by Crippen LogP contribution is 2.40. The fraction of sp³-hybridized carbons (Fsp3) is 0.267. The third kappa shape index (κ3) is 6.52. The highest BCUT2D eigenvalue weighted by Gasteiger charge is 2.32. The van der Waals surface area contributed by atoms with Gasteiger partial charge in [-0.05, 0) is 30.0 Å². The van der Waals surface area contributed by atoms with Crippen molar-refractivity contribution in [2.75, 3.05) is 13.2 Å². The Kier molecular flexibility index (Phi) is 6.37. The second-order valence-corrected chi connectivity index (χ2v) is 5.83. The maximum atomic E-state index is 12.5. The van der Waals surface area contributed by atoms with Crippen LogP contribution in [0.15, 0.2) is 40.6 Å². The average molecular weight is 409 g/mol. The van der Waals surface area contributed by atoms with E-state index in [1.54, 1.807) is 0 Å². The molecule has 144 valence electrons. The molecule has 12 heteroatoms. The molecule has 0 atom stereocenters. The number of nitriles is 1. The third-order valence-corrected chi connectivity index (χ3v) is 3.64. The Morgan fingerprint density at radius 3 is 2.11 bits per heavy atom. The maximum Gasteiger partial charge on any atom is 0.422 e. The van der Waals surface area contributed by atoms with E-state index in [1.807, 2.05) is 0 Å². The van der Waals surface area contributed by atoms with Gasteiger partial charge in [-0.3, -0.25) is 0 Å². The first-order chi connectivity index (χ1) is 12.6.